The lowest BCUT2D eigenvalue weighted by molar-refractivity contribution is -0.137. The molecule has 0 aliphatic heterocycles. The van der Waals surface area contributed by atoms with E-state index in [-0.39, 0.29) is 0 Å². The van der Waals surface area contributed by atoms with Crippen LogP contribution in [0.1, 0.15) is 11.1 Å². The van der Waals surface area contributed by atoms with Gasteiger partial charge >= 0.3 is 5.97 Å². The van der Waals surface area contributed by atoms with Gasteiger partial charge in [0.2, 0.25) is 0 Å². The molecule has 3 aromatic carbocycles. The summed E-state index contributed by atoms with van der Waals surface area (Å²) in [7, 11) is 5.24. The second-order valence-electron chi connectivity index (χ2n) is 9.09. The van der Waals surface area contributed by atoms with E-state index in [0.29, 0.717) is 17.9 Å². The van der Waals surface area contributed by atoms with E-state index < -0.39 is 12.0 Å². The molecule has 7 nitrogen and oxygen atoms in total. The first-order valence-electron chi connectivity index (χ1n) is 12.5. The summed E-state index contributed by atoms with van der Waals surface area (Å²) in [4.78, 5) is 18.6. The maximum absolute atomic E-state index is 12.2. The van der Waals surface area contributed by atoms with Crippen LogP contribution < -0.4 is 19.7 Å². The molecule has 38 heavy (non-hydrogen) atoms. The highest BCUT2D eigenvalue weighted by Gasteiger charge is 2.20. The van der Waals surface area contributed by atoms with Gasteiger partial charge in [-0.15, -0.1) is 0 Å². The summed E-state index contributed by atoms with van der Waals surface area (Å²) < 4.78 is 10.8. The fourth-order valence-corrected chi connectivity index (χ4v) is 4.31. The highest BCUT2D eigenvalue weighted by Crippen LogP contribution is 2.30. The lowest BCUT2D eigenvalue weighted by Gasteiger charge is -2.24. The summed E-state index contributed by atoms with van der Waals surface area (Å²) in [5.74, 6) is 0.502. The van der Waals surface area contributed by atoms with Crippen molar-refractivity contribution in [2.45, 2.75) is 18.9 Å². The number of hydrogen-bond donors (Lipinski definition) is 2. The molecule has 0 saturated carbocycles. The number of rotatable bonds is 12. The van der Waals surface area contributed by atoms with Crippen LogP contribution in [0.2, 0.25) is 0 Å². The largest absolute Gasteiger partial charge is 0.497 e. The first kappa shape index (κ1) is 26.5. The molecule has 0 unspecified atom stereocenters. The number of aliphatic carboxylic acids is 1. The Morgan fingerprint density at radius 3 is 2.24 bits per heavy atom. The Bertz CT molecular complexity index is 1320. The third-order valence-corrected chi connectivity index (χ3v) is 6.50. The Morgan fingerprint density at radius 2 is 1.61 bits per heavy atom. The maximum Gasteiger partial charge on any atom is 0.326 e. The van der Waals surface area contributed by atoms with Gasteiger partial charge in [0.15, 0.2) is 0 Å². The number of benzene rings is 3. The molecule has 0 amide bonds. The molecule has 0 fully saturated rings. The highest BCUT2D eigenvalue weighted by atomic mass is 16.5. The van der Waals surface area contributed by atoms with Crippen molar-refractivity contribution in [2.75, 3.05) is 38.0 Å². The average molecular weight is 512 g/mol. The first-order chi connectivity index (χ1) is 18.5. The van der Waals surface area contributed by atoms with Crippen LogP contribution in [0, 0.1) is 0 Å². The third kappa shape index (κ3) is 6.82. The van der Waals surface area contributed by atoms with Crippen LogP contribution in [0.15, 0.2) is 91.3 Å². The van der Waals surface area contributed by atoms with Gasteiger partial charge in [-0.2, -0.15) is 0 Å². The summed E-state index contributed by atoms with van der Waals surface area (Å²) in [6, 6.07) is 24.9. The number of hydrogen-bond acceptors (Lipinski definition) is 6. The van der Waals surface area contributed by atoms with Crippen LogP contribution in [0.3, 0.4) is 0 Å². The molecule has 0 spiro atoms. The van der Waals surface area contributed by atoms with Gasteiger partial charge in [-0.25, -0.2) is 4.79 Å². The monoisotopic (exact) mass is 511 g/mol. The van der Waals surface area contributed by atoms with Gasteiger partial charge in [0.1, 0.15) is 17.5 Å². The summed E-state index contributed by atoms with van der Waals surface area (Å²) in [6.45, 7) is 0.776. The lowest BCUT2D eigenvalue weighted by Crippen LogP contribution is -2.32. The van der Waals surface area contributed by atoms with E-state index in [1.54, 1.807) is 26.6 Å². The summed E-state index contributed by atoms with van der Waals surface area (Å²) in [5, 5.41) is 13.2. The third-order valence-electron chi connectivity index (χ3n) is 6.50. The number of pyridine rings is 1. The van der Waals surface area contributed by atoms with E-state index in [9.17, 15) is 9.90 Å². The first-order valence-corrected chi connectivity index (χ1v) is 12.5. The van der Waals surface area contributed by atoms with E-state index in [1.165, 1.54) is 5.56 Å². The summed E-state index contributed by atoms with van der Waals surface area (Å²) in [6.07, 6.45) is 4.64. The molecule has 1 heterocycles. The van der Waals surface area contributed by atoms with E-state index in [1.807, 2.05) is 73.8 Å². The van der Waals surface area contributed by atoms with Gasteiger partial charge in [-0.05, 0) is 46.9 Å². The van der Waals surface area contributed by atoms with E-state index in [0.717, 1.165) is 41.0 Å². The van der Waals surface area contributed by atoms with Crippen LogP contribution in [-0.2, 0) is 17.6 Å². The standard InChI is InChI=1S/C31H33N3O4/c1-34(16-14-22-7-5-4-6-8-22)30-21-32-15-13-28(30)33-29(31(35)36)17-23-9-11-24(12-10-23)25-18-26(37-2)20-27(19-25)38-3/h4-13,15,18-21,29H,14,16-17H2,1-3H3,(H,32,33)(H,35,36)/t29-/m0/s1. The number of methoxy groups -OCH3 is 2. The van der Waals surface area contributed by atoms with Gasteiger partial charge in [0.05, 0.1) is 31.8 Å². The predicted molar refractivity (Wildman–Crippen MR) is 151 cm³/mol. The van der Waals surface area contributed by atoms with Crippen molar-refractivity contribution in [1.29, 1.82) is 0 Å². The molecule has 0 aliphatic rings. The second-order valence-corrected chi connectivity index (χ2v) is 9.09. The van der Waals surface area contributed by atoms with Gasteiger partial charge in [0, 0.05) is 32.3 Å². The molecule has 0 saturated heterocycles. The lowest BCUT2D eigenvalue weighted by atomic mass is 10.00. The molecular weight excluding hydrogens is 478 g/mol. The van der Waals surface area contributed by atoms with E-state index in [4.69, 9.17) is 9.47 Å². The number of carbonyl (C=O) groups is 1. The highest BCUT2D eigenvalue weighted by molar-refractivity contribution is 5.80. The summed E-state index contributed by atoms with van der Waals surface area (Å²) in [5.41, 5.74) is 5.71. The van der Waals surface area contributed by atoms with Crippen molar-refractivity contribution in [3.05, 3.63) is 102 Å². The van der Waals surface area contributed by atoms with Crippen molar-refractivity contribution in [1.82, 2.24) is 4.98 Å². The van der Waals surface area contributed by atoms with Gasteiger partial charge in [0.25, 0.3) is 0 Å². The molecule has 0 bridgehead atoms. The van der Waals surface area contributed by atoms with Crippen molar-refractivity contribution < 1.29 is 19.4 Å². The number of nitrogens with zero attached hydrogens (tertiary/aromatic N) is 2. The zero-order valence-electron chi connectivity index (χ0n) is 21.9. The van der Waals surface area contributed by atoms with E-state index in [2.05, 4.69) is 27.3 Å². The Labute approximate surface area is 223 Å². The molecule has 0 radical (unpaired) electrons. The van der Waals surface area contributed by atoms with Crippen LogP contribution >= 0.6 is 0 Å². The predicted octanol–water partition coefficient (Wildman–Crippen LogP) is 5.55. The Kier molecular flexibility index (Phi) is 8.82. The minimum Gasteiger partial charge on any atom is -0.497 e. The zero-order chi connectivity index (χ0) is 26.9. The number of anilines is 2. The molecule has 0 aliphatic carbocycles. The summed E-state index contributed by atoms with van der Waals surface area (Å²) >= 11 is 0. The van der Waals surface area contributed by atoms with Crippen molar-refractivity contribution in [3.8, 4) is 22.6 Å². The van der Waals surface area contributed by atoms with Crippen LogP contribution in [0.4, 0.5) is 11.4 Å². The Hall–Kier alpha value is -4.52. The fourth-order valence-electron chi connectivity index (χ4n) is 4.31. The van der Waals surface area contributed by atoms with Crippen molar-refractivity contribution in [3.63, 3.8) is 0 Å². The molecule has 4 aromatic rings. The topological polar surface area (TPSA) is 83.9 Å². The Balaban J connectivity index is 1.47. The Morgan fingerprint density at radius 1 is 0.921 bits per heavy atom. The molecule has 1 atom stereocenters. The quantitative estimate of drug-likeness (QED) is 0.258. The van der Waals surface area contributed by atoms with Gasteiger partial charge < -0.3 is 24.8 Å². The zero-order valence-corrected chi connectivity index (χ0v) is 21.9. The molecule has 196 valence electrons. The van der Waals surface area contributed by atoms with Crippen LogP contribution in [-0.4, -0.2) is 49.9 Å². The average Bonchev–Trinajstić information content (AvgIpc) is 2.96. The molecule has 4 rings (SSSR count). The van der Waals surface area contributed by atoms with Crippen LogP contribution in [0.25, 0.3) is 11.1 Å². The smallest absolute Gasteiger partial charge is 0.326 e. The minimum absolute atomic E-state index is 0.326. The number of aromatic nitrogens is 1. The SMILES string of the molecule is COc1cc(OC)cc(-c2ccc(C[C@H](Nc3ccncc3N(C)CCc3ccccc3)C(=O)O)cc2)c1. The maximum atomic E-state index is 12.2. The molecule has 7 heteroatoms. The van der Waals surface area contributed by atoms with Gasteiger partial charge in [-0.3, -0.25) is 4.98 Å². The fraction of sp³-hybridized carbons (Fsp3) is 0.226. The number of carboxylic acid groups (broad SMARTS) is 1. The van der Waals surface area contributed by atoms with Crippen molar-refractivity contribution in [2.24, 2.45) is 0 Å². The number of nitrogens with one attached hydrogen (secondary N) is 1. The van der Waals surface area contributed by atoms with E-state index >= 15 is 0 Å². The van der Waals surface area contributed by atoms with Crippen LogP contribution in [0.5, 0.6) is 11.5 Å². The normalized spacial score (nSPS) is 11.4. The van der Waals surface area contributed by atoms with Gasteiger partial charge in [-0.1, -0.05) is 54.6 Å². The molecule has 1 aromatic heterocycles. The van der Waals surface area contributed by atoms with Crippen molar-refractivity contribution >= 4 is 17.3 Å². The minimum atomic E-state index is -0.915. The number of likely N-dealkylation sites (N-methyl/N-ethyl adjacent to an activating group) is 1. The molecular formula is C31H33N3O4. The molecule has 2 N–H and O–H groups in total. The number of ether oxygens (including phenoxy) is 2. The second kappa shape index (κ2) is 12.6. The number of carboxylic acids is 1.